The Kier molecular flexibility index (Phi) is 6.66. The molecule has 0 saturated carbocycles. The summed E-state index contributed by atoms with van der Waals surface area (Å²) in [7, 11) is 0. The van der Waals surface area contributed by atoms with Crippen molar-refractivity contribution in [1.29, 1.82) is 0 Å². The van der Waals surface area contributed by atoms with Crippen molar-refractivity contribution in [1.82, 2.24) is 19.8 Å². The molecule has 2 amide bonds. The van der Waals surface area contributed by atoms with Gasteiger partial charge in [0, 0.05) is 24.6 Å². The van der Waals surface area contributed by atoms with E-state index in [4.69, 9.17) is 5.73 Å². The molecule has 7 heteroatoms. The van der Waals surface area contributed by atoms with Crippen LogP contribution in [0.15, 0.2) is 73.3 Å². The molecule has 0 aliphatic carbocycles. The van der Waals surface area contributed by atoms with Gasteiger partial charge in [-0.3, -0.25) is 9.59 Å². The fourth-order valence-electron chi connectivity index (χ4n) is 4.21. The van der Waals surface area contributed by atoms with Crippen LogP contribution in [-0.4, -0.2) is 44.9 Å². The van der Waals surface area contributed by atoms with Gasteiger partial charge in [0.2, 0.25) is 11.8 Å². The van der Waals surface area contributed by atoms with Gasteiger partial charge in [0.1, 0.15) is 6.04 Å². The first-order valence-corrected chi connectivity index (χ1v) is 11.0. The van der Waals surface area contributed by atoms with E-state index in [-0.39, 0.29) is 17.9 Å². The summed E-state index contributed by atoms with van der Waals surface area (Å²) in [5.41, 5.74) is 9.23. The van der Waals surface area contributed by atoms with E-state index in [1.807, 2.05) is 72.3 Å². The standard InChI is InChI=1S/C25H29N5O2/c1-18(20-9-11-21(12-10-20)29-15-13-27-17-29)28-24(31)23-8-5-14-30(23)25(32)22(26)16-19-6-3-2-4-7-19/h2-4,6-7,9-13,15,17-18,22-23H,5,8,14,16,26H2,1H3,(H,28,31)/t18-,22+,23+/m0/s1. The number of nitrogens with zero attached hydrogens (tertiary/aromatic N) is 3. The number of carbonyl (C=O) groups is 2. The molecule has 3 aromatic rings. The summed E-state index contributed by atoms with van der Waals surface area (Å²) in [5.74, 6) is -0.294. The van der Waals surface area contributed by atoms with Crippen LogP contribution in [0.3, 0.4) is 0 Å². The van der Waals surface area contributed by atoms with Crippen molar-refractivity contribution in [2.45, 2.75) is 44.3 Å². The molecule has 3 atom stereocenters. The van der Waals surface area contributed by atoms with Gasteiger partial charge in [0.05, 0.1) is 18.4 Å². The van der Waals surface area contributed by atoms with E-state index in [1.165, 1.54) is 0 Å². The second-order valence-electron chi connectivity index (χ2n) is 8.28. The Morgan fingerprint density at radius 3 is 2.59 bits per heavy atom. The topological polar surface area (TPSA) is 93.3 Å². The Balaban J connectivity index is 1.37. The second-order valence-corrected chi connectivity index (χ2v) is 8.28. The Bertz CT molecular complexity index is 1030. The molecule has 1 aliphatic rings. The molecule has 0 unspecified atom stereocenters. The Morgan fingerprint density at radius 2 is 1.91 bits per heavy atom. The van der Waals surface area contributed by atoms with Crippen LogP contribution in [0.25, 0.3) is 5.69 Å². The lowest BCUT2D eigenvalue weighted by atomic mass is 10.0. The average molecular weight is 432 g/mol. The lowest BCUT2D eigenvalue weighted by Gasteiger charge is -2.28. The number of nitrogens with one attached hydrogen (secondary N) is 1. The zero-order valence-electron chi connectivity index (χ0n) is 18.2. The summed E-state index contributed by atoms with van der Waals surface area (Å²) in [4.78, 5) is 31.7. The van der Waals surface area contributed by atoms with Gasteiger partial charge in [-0.25, -0.2) is 4.98 Å². The molecule has 3 N–H and O–H groups in total. The third-order valence-electron chi connectivity index (χ3n) is 6.01. The summed E-state index contributed by atoms with van der Waals surface area (Å²) < 4.78 is 1.92. The normalized spacial score (nSPS) is 17.7. The van der Waals surface area contributed by atoms with Crippen molar-refractivity contribution in [2.75, 3.05) is 6.54 Å². The number of benzene rings is 2. The van der Waals surface area contributed by atoms with E-state index in [0.29, 0.717) is 19.4 Å². The predicted molar refractivity (Wildman–Crippen MR) is 123 cm³/mol. The number of nitrogens with two attached hydrogens (primary N) is 1. The van der Waals surface area contributed by atoms with Crippen molar-refractivity contribution in [2.24, 2.45) is 5.73 Å². The minimum absolute atomic E-state index is 0.131. The van der Waals surface area contributed by atoms with E-state index >= 15 is 0 Å². The highest BCUT2D eigenvalue weighted by atomic mass is 16.2. The molecule has 4 rings (SSSR count). The number of imidazole rings is 1. The molecule has 1 aliphatic heterocycles. The summed E-state index contributed by atoms with van der Waals surface area (Å²) in [5, 5.41) is 3.07. The van der Waals surface area contributed by atoms with Crippen molar-refractivity contribution < 1.29 is 9.59 Å². The number of carbonyl (C=O) groups excluding carboxylic acids is 2. The lowest BCUT2D eigenvalue weighted by molar-refractivity contribution is -0.139. The van der Waals surface area contributed by atoms with Crippen molar-refractivity contribution in [3.63, 3.8) is 0 Å². The van der Waals surface area contributed by atoms with E-state index < -0.39 is 12.1 Å². The molecule has 1 fully saturated rings. The number of likely N-dealkylation sites (tertiary alicyclic amines) is 1. The summed E-state index contributed by atoms with van der Waals surface area (Å²) in [6.07, 6.45) is 7.28. The number of amides is 2. The number of hydrogen-bond donors (Lipinski definition) is 2. The molecule has 2 aromatic carbocycles. The number of hydrogen-bond acceptors (Lipinski definition) is 4. The van der Waals surface area contributed by atoms with E-state index in [2.05, 4.69) is 10.3 Å². The van der Waals surface area contributed by atoms with E-state index in [0.717, 1.165) is 23.2 Å². The molecule has 2 heterocycles. The second kappa shape index (κ2) is 9.78. The van der Waals surface area contributed by atoms with Crippen LogP contribution in [0.4, 0.5) is 0 Å². The van der Waals surface area contributed by atoms with Gasteiger partial charge in [-0.2, -0.15) is 0 Å². The first-order chi connectivity index (χ1) is 15.5. The maximum Gasteiger partial charge on any atom is 0.243 e. The minimum Gasteiger partial charge on any atom is -0.348 e. The van der Waals surface area contributed by atoms with Crippen molar-refractivity contribution in [3.8, 4) is 5.69 Å². The monoisotopic (exact) mass is 431 g/mol. The van der Waals surface area contributed by atoms with Gasteiger partial charge >= 0.3 is 0 Å². The Morgan fingerprint density at radius 1 is 1.16 bits per heavy atom. The Labute approximate surface area is 188 Å². The smallest absolute Gasteiger partial charge is 0.243 e. The van der Waals surface area contributed by atoms with Gasteiger partial charge in [0.25, 0.3) is 0 Å². The summed E-state index contributed by atoms with van der Waals surface area (Å²) >= 11 is 0. The highest BCUT2D eigenvalue weighted by molar-refractivity contribution is 5.90. The van der Waals surface area contributed by atoms with Gasteiger partial charge < -0.3 is 20.5 Å². The van der Waals surface area contributed by atoms with Crippen LogP contribution >= 0.6 is 0 Å². The van der Waals surface area contributed by atoms with Crippen LogP contribution in [0.5, 0.6) is 0 Å². The third kappa shape index (κ3) is 4.89. The molecule has 0 bridgehead atoms. The number of rotatable bonds is 7. The van der Waals surface area contributed by atoms with Crippen LogP contribution in [0.1, 0.15) is 36.9 Å². The summed E-state index contributed by atoms with van der Waals surface area (Å²) in [6.45, 7) is 2.51. The minimum atomic E-state index is -0.654. The summed E-state index contributed by atoms with van der Waals surface area (Å²) in [6, 6.07) is 16.4. The van der Waals surface area contributed by atoms with Crippen LogP contribution < -0.4 is 11.1 Å². The maximum absolute atomic E-state index is 13.0. The highest BCUT2D eigenvalue weighted by Crippen LogP contribution is 2.21. The fourth-order valence-corrected chi connectivity index (χ4v) is 4.21. The quantitative estimate of drug-likeness (QED) is 0.601. The van der Waals surface area contributed by atoms with E-state index in [1.54, 1.807) is 17.4 Å². The zero-order chi connectivity index (χ0) is 22.5. The fraction of sp³-hybridized carbons (Fsp3) is 0.320. The van der Waals surface area contributed by atoms with Crippen LogP contribution in [0.2, 0.25) is 0 Å². The zero-order valence-corrected chi connectivity index (χ0v) is 18.2. The van der Waals surface area contributed by atoms with Gasteiger partial charge in [0.15, 0.2) is 0 Å². The lowest BCUT2D eigenvalue weighted by Crippen LogP contribution is -2.52. The maximum atomic E-state index is 13.0. The molecule has 0 radical (unpaired) electrons. The van der Waals surface area contributed by atoms with Crippen molar-refractivity contribution in [3.05, 3.63) is 84.4 Å². The van der Waals surface area contributed by atoms with Gasteiger partial charge in [-0.05, 0) is 49.4 Å². The number of aromatic nitrogens is 2. The molecular formula is C25H29N5O2. The SMILES string of the molecule is C[C@H](NC(=O)[C@H]1CCCN1C(=O)[C@H](N)Cc1ccccc1)c1ccc(-n2ccnc2)cc1. The Hall–Kier alpha value is -3.45. The van der Waals surface area contributed by atoms with Gasteiger partial charge in [-0.1, -0.05) is 42.5 Å². The largest absolute Gasteiger partial charge is 0.348 e. The molecule has 0 spiro atoms. The molecule has 32 heavy (non-hydrogen) atoms. The van der Waals surface area contributed by atoms with Crippen molar-refractivity contribution >= 4 is 11.8 Å². The van der Waals surface area contributed by atoms with Crippen LogP contribution in [-0.2, 0) is 16.0 Å². The molecular weight excluding hydrogens is 402 g/mol. The van der Waals surface area contributed by atoms with E-state index in [9.17, 15) is 9.59 Å². The molecule has 1 aromatic heterocycles. The average Bonchev–Trinajstić information content (AvgIpc) is 3.52. The predicted octanol–water partition coefficient (Wildman–Crippen LogP) is 2.61. The first-order valence-electron chi connectivity index (χ1n) is 11.0. The highest BCUT2D eigenvalue weighted by Gasteiger charge is 2.36. The third-order valence-corrected chi connectivity index (χ3v) is 6.01. The molecule has 7 nitrogen and oxygen atoms in total. The van der Waals surface area contributed by atoms with Gasteiger partial charge in [-0.15, -0.1) is 0 Å². The first kappa shape index (κ1) is 21.8. The molecule has 166 valence electrons. The molecule has 1 saturated heterocycles. The van der Waals surface area contributed by atoms with Crippen LogP contribution in [0, 0.1) is 0 Å².